The van der Waals surface area contributed by atoms with Gasteiger partial charge in [0.2, 0.25) is 11.8 Å². The van der Waals surface area contributed by atoms with Crippen LogP contribution in [0.2, 0.25) is 0 Å². The molecule has 0 aliphatic rings. The lowest BCUT2D eigenvalue weighted by molar-refractivity contribution is -0.124. The van der Waals surface area contributed by atoms with Crippen molar-refractivity contribution in [1.29, 1.82) is 0 Å². The SMILES string of the molecule is CC/C=C\C/C=C\C/C=C\C/C=C\C/C=C\C/C=C\CCC(=O)NCCSSC(C)(C)[C@@H](NC(=O)OC(C)(C)C)C(=O)NC[C@@H](O)CO. The predicted molar refractivity (Wildman–Crippen MR) is 204 cm³/mol. The third-order valence-corrected chi connectivity index (χ3v) is 9.55. The number of aliphatic hydroxyl groups is 2. The maximum Gasteiger partial charge on any atom is 0.408 e. The summed E-state index contributed by atoms with van der Waals surface area (Å²) in [5.41, 5.74) is -0.742. The fraction of sp³-hybridized carbons (Fsp3) is 0.595. The number of nitrogens with one attached hydrogen (secondary N) is 3. The van der Waals surface area contributed by atoms with Gasteiger partial charge < -0.3 is 30.9 Å². The fourth-order valence-corrected chi connectivity index (χ4v) is 6.32. The van der Waals surface area contributed by atoms with E-state index in [0.717, 1.165) is 38.5 Å². The largest absolute Gasteiger partial charge is 0.444 e. The molecular weight excluding hydrogens is 647 g/mol. The molecule has 0 bridgehead atoms. The summed E-state index contributed by atoms with van der Waals surface area (Å²) in [6.07, 6.45) is 30.8. The summed E-state index contributed by atoms with van der Waals surface area (Å²) in [5.74, 6) is 0.0730. The number of allylic oxidation sites excluding steroid dienone is 12. The molecule has 9 nitrogen and oxygen atoms in total. The molecule has 0 aromatic rings. The standard InChI is InChI=1S/C37H61N3O6S2/c1-7-8-9-10-11-12-13-14-15-16-17-18-19-20-21-22-23-24-25-26-32(43)38-27-28-47-48-37(5,6)33(34(44)39-29-31(42)30-41)40-35(45)46-36(2,3)4/h8-9,11-12,14-15,17-18,20-21,23-24,31,33,41-42H,7,10,13,16,19,22,25-30H2,1-6H3,(H,38,43)(H,39,44)(H,40,45)/b9-8-,12-11-,15-14-,18-17-,21-20-,24-23-/t31-,33+/m1/s1. The van der Waals surface area contributed by atoms with Gasteiger partial charge in [-0.3, -0.25) is 9.59 Å². The Morgan fingerprint density at radius 2 is 1.27 bits per heavy atom. The van der Waals surface area contributed by atoms with Crippen molar-refractivity contribution in [2.45, 2.75) is 115 Å². The van der Waals surface area contributed by atoms with Crippen molar-refractivity contribution in [3.05, 3.63) is 72.9 Å². The maximum atomic E-state index is 12.9. The van der Waals surface area contributed by atoms with Gasteiger partial charge in [0.25, 0.3) is 0 Å². The Bertz CT molecular complexity index is 1080. The van der Waals surface area contributed by atoms with Gasteiger partial charge in [0.15, 0.2) is 0 Å². The van der Waals surface area contributed by atoms with Gasteiger partial charge in [-0.2, -0.15) is 0 Å². The lowest BCUT2D eigenvalue weighted by atomic mass is 10.0. The Balaban J connectivity index is 4.30. The first-order valence-electron chi connectivity index (χ1n) is 16.9. The van der Waals surface area contributed by atoms with Crippen LogP contribution in [-0.2, 0) is 14.3 Å². The first-order valence-corrected chi connectivity index (χ1v) is 19.2. The molecule has 0 saturated carbocycles. The molecule has 0 aromatic carbocycles. The van der Waals surface area contributed by atoms with E-state index in [1.54, 1.807) is 20.8 Å². The second-order valence-corrected chi connectivity index (χ2v) is 15.5. The maximum absolute atomic E-state index is 12.9. The number of ether oxygens (including phenoxy) is 1. The molecule has 0 rings (SSSR count). The number of amides is 3. The minimum absolute atomic E-state index is 0.0225. The molecule has 3 amide bonds. The second-order valence-electron chi connectivity index (χ2n) is 12.5. The van der Waals surface area contributed by atoms with Gasteiger partial charge in [-0.1, -0.05) is 101 Å². The summed E-state index contributed by atoms with van der Waals surface area (Å²) in [7, 11) is 2.88. The first-order chi connectivity index (χ1) is 22.8. The van der Waals surface area contributed by atoms with E-state index in [1.165, 1.54) is 21.6 Å². The van der Waals surface area contributed by atoms with E-state index in [2.05, 4.69) is 89.7 Å². The molecule has 0 aromatic heterocycles. The minimum Gasteiger partial charge on any atom is -0.444 e. The molecular formula is C37H61N3O6S2. The van der Waals surface area contributed by atoms with Crippen LogP contribution >= 0.6 is 21.6 Å². The summed E-state index contributed by atoms with van der Waals surface area (Å²) >= 11 is 0. The van der Waals surface area contributed by atoms with Crippen LogP contribution < -0.4 is 16.0 Å². The number of alkyl carbamates (subject to hydrolysis) is 1. The molecule has 0 spiro atoms. The monoisotopic (exact) mass is 707 g/mol. The Morgan fingerprint density at radius 1 is 0.771 bits per heavy atom. The van der Waals surface area contributed by atoms with Crippen LogP contribution in [0.15, 0.2) is 72.9 Å². The summed E-state index contributed by atoms with van der Waals surface area (Å²) in [4.78, 5) is 37.6. The van der Waals surface area contributed by atoms with Crippen LogP contribution in [0, 0.1) is 0 Å². The van der Waals surface area contributed by atoms with E-state index in [4.69, 9.17) is 9.84 Å². The zero-order valence-electron chi connectivity index (χ0n) is 29.9. The van der Waals surface area contributed by atoms with Gasteiger partial charge in [0.05, 0.1) is 17.5 Å². The molecule has 0 aliphatic carbocycles. The molecule has 0 unspecified atom stereocenters. The molecule has 0 fully saturated rings. The van der Waals surface area contributed by atoms with Gasteiger partial charge in [0, 0.05) is 25.3 Å². The molecule has 48 heavy (non-hydrogen) atoms. The van der Waals surface area contributed by atoms with E-state index >= 15 is 0 Å². The summed E-state index contributed by atoms with van der Waals surface area (Å²) < 4.78 is 4.57. The number of carbonyl (C=O) groups excluding carboxylic acids is 3. The number of hydrogen-bond donors (Lipinski definition) is 5. The lowest BCUT2D eigenvalue weighted by Crippen LogP contribution is -2.57. The predicted octanol–water partition coefficient (Wildman–Crippen LogP) is 7.10. The summed E-state index contributed by atoms with van der Waals surface area (Å²) in [6, 6.07) is -0.980. The molecule has 2 atom stereocenters. The Hall–Kier alpha value is -2.73. The van der Waals surface area contributed by atoms with Crippen molar-refractivity contribution in [2.75, 3.05) is 25.4 Å². The van der Waals surface area contributed by atoms with Crippen molar-refractivity contribution >= 4 is 39.5 Å². The number of rotatable bonds is 25. The molecule has 5 N–H and O–H groups in total. The molecule has 11 heteroatoms. The third-order valence-electron chi connectivity index (χ3n) is 6.26. The molecule has 0 heterocycles. The van der Waals surface area contributed by atoms with Crippen molar-refractivity contribution < 1.29 is 29.3 Å². The summed E-state index contributed by atoms with van der Waals surface area (Å²) in [5, 5.41) is 26.8. The Kier molecular flexibility index (Phi) is 26.5. The lowest BCUT2D eigenvalue weighted by Gasteiger charge is -2.33. The molecule has 0 radical (unpaired) electrons. The van der Waals surface area contributed by atoms with Crippen molar-refractivity contribution in [3.63, 3.8) is 0 Å². The number of carbonyl (C=O) groups is 3. The average molecular weight is 708 g/mol. The van der Waals surface area contributed by atoms with Gasteiger partial charge in [-0.15, -0.1) is 0 Å². The topological polar surface area (TPSA) is 137 Å². The third kappa shape index (κ3) is 27.2. The van der Waals surface area contributed by atoms with Gasteiger partial charge in [-0.25, -0.2) is 4.79 Å². The smallest absolute Gasteiger partial charge is 0.408 e. The average Bonchev–Trinajstić information content (AvgIpc) is 3.02. The van der Waals surface area contributed by atoms with Crippen LogP contribution in [0.5, 0.6) is 0 Å². The summed E-state index contributed by atoms with van der Waals surface area (Å²) in [6.45, 7) is 10.8. The quantitative estimate of drug-likeness (QED) is 0.0385. The number of aliphatic hydroxyl groups excluding tert-OH is 2. The van der Waals surface area contributed by atoms with Crippen LogP contribution in [0.1, 0.15) is 92.9 Å². The van der Waals surface area contributed by atoms with Crippen molar-refractivity contribution in [3.8, 4) is 0 Å². The zero-order chi connectivity index (χ0) is 36.1. The van der Waals surface area contributed by atoms with Gasteiger partial charge in [0.1, 0.15) is 11.6 Å². The van der Waals surface area contributed by atoms with Crippen LogP contribution in [0.25, 0.3) is 0 Å². The highest BCUT2D eigenvalue weighted by Crippen LogP contribution is 2.38. The van der Waals surface area contributed by atoms with Gasteiger partial charge >= 0.3 is 6.09 Å². The highest BCUT2D eigenvalue weighted by atomic mass is 33.1. The second kappa shape index (κ2) is 28.1. The highest BCUT2D eigenvalue weighted by molar-refractivity contribution is 8.77. The van der Waals surface area contributed by atoms with E-state index in [9.17, 15) is 19.5 Å². The van der Waals surface area contributed by atoms with Crippen molar-refractivity contribution in [1.82, 2.24) is 16.0 Å². The molecule has 0 aliphatic heterocycles. The highest BCUT2D eigenvalue weighted by Gasteiger charge is 2.38. The van der Waals surface area contributed by atoms with E-state index in [-0.39, 0.29) is 12.5 Å². The van der Waals surface area contributed by atoms with E-state index in [0.29, 0.717) is 25.1 Å². The molecule has 0 saturated heterocycles. The Labute approximate surface area is 297 Å². The van der Waals surface area contributed by atoms with Crippen LogP contribution in [0.4, 0.5) is 4.79 Å². The zero-order valence-corrected chi connectivity index (χ0v) is 31.5. The first kappa shape index (κ1) is 45.3. The van der Waals surface area contributed by atoms with Gasteiger partial charge in [-0.05, 0) is 79.6 Å². The van der Waals surface area contributed by atoms with Crippen LogP contribution in [0.3, 0.4) is 0 Å². The Morgan fingerprint density at radius 3 is 1.75 bits per heavy atom. The minimum atomic E-state index is -1.11. The number of hydrogen-bond acceptors (Lipinski definition) is 8. The van der Waals surface area contributed by atoms with Crippen LogP contribution in [-0.4, -0.2) is 76.1 Å². The van der Waals surface area contributed by atoms with E-state index in [1.807, 2.05) is 19.9 Å². The fourth-order valence-electron chi connectivity index (χ4n) is 3.78. The van der Waals surface area contributed by atoms with Crippen molar-refractivity contribution in [2.24, 2.45) is 0 Å². The normalized spacial score (nSPS) is 14.2. The molecule has 272 valence electrons. The van der Waals surface area contributed by atoms with E-state index < -0.39 is 41.1 Å².